The highest BCUT2D eigenvalue weighted by Crippen LogP contribution is 2.44. The van der Waals surface area contributed by atoms with Gasteiger partial charge >= 0.3 is 0 Å². The second-order valence-corrected chi connectivity index (χ2v) is 7.13. The zero-order chi connectivity index (χ0) is 4.41. The molecule has 1 heterocycles. The van der Waals surface area contributed by atoms with Crippen LogP contribution in [0.15, 0.2) is 0 Å². The Morgan fingerprint density at radius 2 is 2.50 bits per heavy atom. The van der Waals surface area contributed by atoms with Crippen LogP contribution < -0.4 is 0 Å². The normalized spacial score (nSPS) is 28.3. The van der Waals surface area contributed by atoms with Gasteiger partial charge in [0.05, 0.1) is 11.4 Å². The van der Waals surface area contributed by atoms with E-state index in [2.05, 4.69) is 0 Å². The summed E-state index contributed by atoms with van der Waals surface area (Å²) in [4.78, 5) is 0. The van der Waals surface area contributed by atoms with Crippen molar-refractivity contribution in [3.05, 3.63) is 0 Å². The predicted molar refractivity (Wildman–Crippen MR) is 36.2 cm³/mol. The van der Waals surface area contributed by atoms with Crippen molar-refractivity contribution in [3.8, 4) is 0 Å². The molecule has 0 amide bonds. The molecule has 3 heteroatoms. The third-order valence-electron chi connectivity index (χ3n) is 0.720. The van der Waals surface area contributed by atoms with Crippen molar-refractivity contribution >= 4 is 29.1 Å². The first kappa shape index (κ1) is 5.02. The molecule has 0 aromatic heterocycles. The van der Waals surface area contributed by atoms with Gasteiger partial charge in [0.25, 0.3) is 0 Å². The van der Waals surface area contributed by atoms with E-state index in [9.17, 15) is 0 Å². The molecule has 0 nitrogen and oxygen atoms in total. The van der Waals surface area contributed by atoms with Crippen LogP contribution in [0.4, 0.5) is 0 Å². The molecule has 0 radical (unpaired) electrons. The van der Waals surface area contributed by atoms with Crippen LogP contribution in [0.25, 0.3) is 0 Å². The van der Waals surface area contributed by atoms with Crippen LogP contribution in [0, 0.1) is 0 Å². The molecule has 1 aliphatic heterocycles. The van der Waals surface area contributed by atoms with E-state index >= 15 is 0 Å². The molecule has 34 valence electrons. The van der Waals surface area contributed by atoms with Crippen LogP contribution in [0.2, 0.25) is 0 Å². The van der Waals surface area contributed by atoms with Gasteiger partial charge in [-0.1, -0.05) is 0 Å². The maximum atomic E-state index is 5.03. The van der Waals surface area contributed by atoms with E-state index in [0.717, 1.165) is 0 Å². The molecule has 0 saturated carbocycles. The number of hydrogen-bond acceptors (Lipinski definition) is 2. The van der Waals surface area contributed by atoms with Gasteiger partial charge < -0.3 is 0 Å². The summed E-state index contributed by atoms with van der Waals surface area (Å²) in [7, 11) is 0. The second kappa shape index (κ2) is 2.25. The van der Waals surface area contributed by atoms with Gasteiger partial charge in [0, 0.05) is 12.2 Å². The highest BCUT2D eigenvalue weighted by atomic mass is 32.9. The largest absolute Gasteiger partial charge is 0.245 e. The molecule has 1 aliphatic rings. The Balaban J connectivity index is 2.37. The number of hydrogen-bond donors (Lipinski definition) is 0. The first-order valence-corrected chi connectivity index (χ1v) is 6.10. The smallest absolute Gasteiger partial charge is 0.00281 e. The van der Waals surface area contributed by atoms with Crippen molar-refractivity contribution in [2.24, 2.45) is 0 Å². The van der Waals surface area contributed by atoms with Gasteiger partial charge in [-0.3, -0.25) is 0 Å². The van der Waals surface area contributed by atoms with E-state index in [-0.39, 0.29) is 5.90 Å². The average Bonchev–Trinajstić information content (AvgIpc) is 1.86. The first-order chi connectivity index (χ1) is 2.89. The lowest BCUT2D eigenvalue weighted by Gasteiger charge is -1.58. The van der Waals surface area contributed by atoms with Crippen molar-refractivity contribution < 1.29 is 0 Å². The molecular formula is C3H6PS2+. The molecule has 1 fully saturated rings. The fourth-order valence-corrected chi connectivity index (χ4v) is 4.49. The van der Waals surface area contributed by atoms with E-state index in [4.69, 9.17) is 11.8 Å². The lowest BCUT2D eigenvalue weighted by Crippen LogP contribution is -1.64. The van der Waals surface area contributed by atoms with Crippen LogP contribution in [0.5, 0.6) is 0 Å². The fraction of sp³-hybridized carbons (Fsp3) is 1.00. The van der Waals surface area contributed by atoms with Crippen molar-refractivity contribution in [2.45, 2.75) is 6.42 Å². The van der Waals surface area contributed by atoms with Crippen molar-refractivity contribution in [2.75, 3.05) is 11.9 Å². The van der Waals surface area contributed by atoms with E-state index in [0.29, 0.717) is 0 Å². The van der Waals surface area contributed by atoms with E-state index in [1.807, 2.05) is 11.4 Å². The zero-order valence-corrected chi connectivity index (χ0v) is 5.91. The van der Waals surface area contributed by atoms with E-state index in [1.54, 1.807) is 0 Å². The van der Waals surface area contributed by atoms with Crippen LogP contribution in [-0.2, 0) is 11.8 Å². The molecule has 6 heavy (non-hydrogen) atoms. The Kier molecular flexibility index (Phi) is 1.88. The minimum atomic E-state index is 0.0350. The molecule has 0 aromatic rings. The van der Waals surface area contributed by atoms with Crippen LogP contribution in [0.1, 0.15) is 6.42 Å². The maximum absolute atomic E-state index is 5.03. The minimum absolute atomic E-state index is 0.0350. The molecule has 0 N–H and O–H groups in total. The molecule has 1 unspecified atom stereocenters. The summed E-state index contributed by atoms with van der Waals surface area (Å²) in [6.07, 6.45) is 2.70. The van der Waals surface area contributed by atoms with E-state index < -0.39 is 0 Å². The van der Waals surface area contributed by atoms with Gasteiger partial charge in [0.15, 0.2) is 11.8 Å². The Bertz CT molecular complexity index is 63.2. The predicted octanol–water partition coefficient (Wildman–Crippen LogP) is 1.98. The molecule has 0 aromatic carbocycles. The summed E-state index contributed by atoms with van der Waals surface area (Å²) in [5.41, 5.74) is 0. The summed E-state index contributed by atoms with van der Waals surface area (Å²) in [5.74, 6) is 1.36. The van der Waals surface area contributed by atoms with Crippen LogP contribution in [-0.4, -0.2) is 11.9 Å². The maximum Gasteiger partial charge on any atom is 0.245 e. The summed E-state index contributed by atoms with van der Waals surface area (Å²) < 4.78 is 0. The summed E-state index contributed by atoms with van der Waals surface area (Å²) >= 11 is 7.01. The number of rotatable bonds is 0. The molecular weight excluding hydrogens is 131 g/mol. The highest BCUT2D eigenvalue weighted by Gasteiger charge is 2.18. The lowest BCUT2D eigenvalue weighted by atomic mass is 10.6. The third-order valence-corrected chi connectivity index (χ3v) is 5.62. The van der Waals surface area contributed by atoms with Crippen LogP contribution >= 0.6 is 17.3 Å². The molecule has 1 rings (SSSR count). The summed E-state index contributed by atoms with van der Waals surface area (Å²) in [6, 6.07) is 0. The Labute approximate surface area is 47.9 Å². The first-order valence-electron chi connectivity index (χ1n) is 1.97. The Hall–Kier alpha value is 0.870. The fourth-order valence-electron chi connectivity index (χ4n) is 0.425. The zero-order valence-electron chi connectivity index (χ0n) is 3.39. The van der Waals surface area contributed by atoms with Gasteiger partial charge in [-0.15, -0.1) is 0 Å². The Morgan fingerprint density at radius 1 is 1.67 bits per heavy atom. The molecule has 1 atom stereocenters. The minimum Gasteiger partial charge on any atom is 0.00281 e. The summed E-state index contributed by atoms with van der Waals surface area (Å²) in [5, 5.41) is 0. The average molecular weight is 137 g/mol. The van der Waals surface area contributed by atoms with Gasteiger partial charge in [0.2, 0.25) is 5.90 Å². The van der Waals surface area contributed by atoms with Crippen molar-refractivity contribution in [3.63, 3.8) is 0 Å². The highest BCUT2D eigenvalue weighted by molar-refractivity contribution is 8.64. The third kappa shape index (κ3) is 1.18. The topological polar surface area (TPSA) is 0 Å². The molecule has 0 bridgehead atoms. The molecule has 1 saturated heterocycles. The van der Waals surface area contributed by atoms with Gasteiger partial charge in [0.1, 0.15) is 6.16 Å². The second-order valence-electron chi connectivity index (χ2n) is 1.24. The van der Waals surface area contributed by atoms with Crippen molar-refractivity contribution in [1.82, 2.24) is 0 Å². The van der Waals surface area contributed by atoms with E-state index in [1.165, 1.54) is 18.3 Å². The van der Waals surface area contributed by atoms with Gasteiger partial charge in [-0.2, -0.15) is 0 Å². The van der Waals surface area contributed by atoms with Gasteiger partial charge in [-0.05, 0) is 0 Å². The SMILES string of the molecule is S=[P+]1CCCS1. The standard InChI is InChI=1S/C3H6PS2/c5-4-2-1-3-6-4/h1-3H2/q+1. The summed E-state index contributed by atoms with van der Waals surface area (Å²) in [6.45, 7) is 0. The van der Waals surface area contributed by atoms with Crippen molar-refractivity contribution in [1.29, 1.82) is 0 Å². The Morgan fingerprint density at radius 3 is 2.67 bits per heavy atom. The van der Waals surface area contributed by atoms with Gasteiger partial charge in [-0.25, -0.2) is 0 Å². The molecule has 0 spiro atoms. The van der Waals surface area contributed by atoms with Crippen LogP contribution in [0.3, 0.4) is 0 Å². The quantitative estimate of drug-likeness (QED) is 0.468. The lowest BCUT2D eigenvalue weighted by molar-refractivity contribution is 1.14. The monoisotopic (exact) mass is 137 g/mol. The molecule has 0 aliphatic carbocycles.